The van der Waals surface area contributed by atoms with Crippen molar-refractivity contribution < 1.29 is 4.74 Å². The van der Waals surface area contributed by atoms with Gasteiger partial charge in [-0.1, -0.05) is 56.3 Å². The van der Waals surface area contributed by atoms with Gasteiger partial charge in [-0.05, 0) is 42.5 Å². The normalized spacial score (nSPS) is 12.0. The Hall–Kier alpha value is -2.61. The third-order valence-electron chi connectivity index (χ3n) is 5.25. The summed E-state index contributed by atoms with van der Waals surface area (Å²) in [6, 6.07) is 17.2. The Labute approximate surface area is 155 Å². The van der Waals surface area contributed by atoms with E-state index in [-0.39, 0.29) is 0 Å². The number of hydrogen-bond acceptors (Lipinski definition) is 2. The molecule has 2 nitrogen and oxygen atoms in total. The number of para-hydroxylation sites is 1. The lowest BCUT2D eigenvalue weighted by Gasteiger charge is -2.20. The van der Waals surface area contributed by atoms with Gasteiger partial charge in [-0.15, -0.1) is 0 Å². The van der Waals surface area contributed by atoms with Crippen LogP contribution in [-0.4, -0.2) is 11.6 Å². The summed E-state index contributed by atoms with van der Waals surface area (Å²) < 4.78 is 5.99. The molecule has 0 saturated carbocycles. The van der Waals surface area contributed by atoms with E-state index < -0.39 is 0 Å². The predicted molar refractivity (Wildman–Crippen MR) is 108 cm³/mol. The average Bonchev–Trinajstić information content (AvgIpc) is 3.05. The number of hydrogen-bond donors (Lipinski definition) is 0. The maximum Gasteiger partial charge on any atom is 0.127 e. The number of pyridine rings is 1. The van der Waals surface area contributed by atoms with Gasteiger partial charge in [-0.25, -0.2) is 0 Å². The molecule has 3 aromatic rings. The zero-order valence-electron chi connectivity index (χ0n) is 15.8. The van der Waals surface area contributed by atoms with E-state index in [1.165, 1.54) is 44.8 Å². The van der Waals surface area contributed by atoms with Gasteiger partial charge in [-0.2, -0.15) is 0 Å². The van der Waals surface area contributed by atoms with Crippen molar-refractivity contribution in [3.63, 3.8) is 0 Å². The van der Waals surface area contributed by atoms with Gasteiger partial charge in [0.2, 0.25) is 0 Å². The summed E-state index contributed by atoms with van der Waals surface area (Å²) in [5, 5.41) is 0. The fourth-order valence-corrected chi connectivity index (χ4v) is 4.17. The molecule has 1 heterocycles. The lowest BCUT2D eigenvalue weighted by atomic mass is 9.88. The van der Waals surface area contributed by atoms with E-state index in [1.54, 1.807) is 0 Å². The molecule has 0 saturated heterocycles. The van der Waals surface area contributed by atoms with Crippen molar-refractivity contribution >= 4 is 0 Å². The van der Waals surface area contributed by atoms with Gasteiger partial charge < -0.3 is 4.74 Å². The highest BCUT2D eigenvalue weighted by Crippen LogP contribution is 2.47. The Morgan fingerprint density at radius 1 is 0.846 bits per heavy atom. The molecule has 2 heteroatoms. The summed E-state index contributed by atoms with van der Waals surface area (Å²) in [4.78, 5) is 5.08. The third kappa shape index (κ3) is 2.61. The van der Waals surface area contributed by atoms with E-state index >= 15 is 0 Å². The van der Waals surface area contributed by atoms with Gasteiger partial charge in [-0.3, -0.25) is 4.98 Å². The number of fused-ring (bicyclic) bond motifs is 3. The Morgan fingerprint density at radius 2 is 1.58 bits per heavy atom. The van der Waals surface area contributed by atoms with Crippen molar-refractivity contribution in [2.24, 2.45) is 0 Å². The van der Waals surface area contributed by atoms with Crippen LogP contribution in [0.5, 0.6) is 5.75 Å². The minimum Gasteiger partial charge on any atom is -0.493 e. The second-order valence-electron chi connectivity index (χ2n) is 6.70. The van der Waals surface area contributed by atoms with Gasteiger partial charge in [0.15, 0.2) is 0 Å². The van der Waals surface area contributed by atoms with Crippen LogP contribution >= 0.6 is 0 Å². The molecule has 2 aromatic carbocycles. The molecule has 1 aliphatic carbocycles. The first-order chi connectivity index (χ1) is 12.8. The minimum absolute atomic E-state index is 0.670. The van der Waals surface area contributed by atoms with Gasteiger partial charge in [0.05, 0.1) is 12.3 Å². The molecule has 0 amide bonds. The fourth-order valence-electron chi connectivity index (χ4n) is 4.17. The monoisotopic (exact) mass is 343 g/mol. The van der Waals surface area contributed by atoms with E-state index in [0.717, 1.165) is 25.0 Å². The van der Waals surface area contributed by atoms with Crippen LogP contribution in [0.25, 0.3) is 22.3 Å². The number of benzene rings is 2. The van der Waals surface area contributed by atoms with Crippen molar-refractivity contribution in [1.29, 1.82) is 0 Å². The Kier molecular flexibility index (Phi) is 4.50. The molecular weight excluding hydrogens is 318 g/mol. The Bertz CT molecular complexity index is 958. The number of aryl methyl sites for hydroxylation is 1. The van der Waals surface area contributed by atoms with Crippen LogP contribution in [0.2, 0.25) is 0 Å². The van der Waals surface area contributed by atoms with Crippen LogP contribution < -0.4 is 4.74 Å². The lowest BCUT2D eigenvalue weighted by Crippen LogP contribution is -2.05. The molecule has 0 N–H and O–H groups in total. The second kappa shape index (κ2) is 6.95. The van der Waals surface area contributed by atoms with Gasteiger partial charge in [0, 0.05) is 28.8 Å². The Balaban J connectivity index is 2.08. The first-order valence-corrected chi connectivity index (χ1v) is 9.63. The van der Waals surface area contributed by atoms with E-state index in [1.807, 2.05) is 6.92 Å². The molecular formula is C24H25NO. The largest absolute Gasteiger partial charge is 0.493 e. The summed E-state index contributed by atoms with van der Waals surface area (Å²) in [5.74, 6) is 0.963. The van der Waals surface area contributed by atoms with Gasteiger partial charge in [0.1, 0.15) is 5.75 Å². The molecule has 1 aromatic heterocycles. The van der Waals surface area contributed by atoms with Crippen molar-refractivity contribution in [2.75, 3.05) is 6.61 Å². The second-order valence-corrected chi connectivity index (χ2v) is 6.70. The van der Waals surface area contributed by atoms with Crippen LogP contribution in [0.3, 0.4) is 0 Å². The summed E-state index contributed by atoms with van der Waals surface area (Å²) in [7, 11) is 0. The standard InChI is InChI=1S/C24H25NO/c1-4-17-20(5-2)25-21-15-16-11-7-8-12-18(16)24(21)23(17)19-13-9-10-14-22(19)26-6-3/h7-14H,4-6,15H2,1-3H3. The molecule has 0 fully saturated rings. The number of aromatic nitrogens is 1. The third-order valence-corrected chi connectivity index (χ3v) is 5.25. The molecule has 0 bridgehead atoms. The van der Waals surface area contributed by atoms with Gasteiger partial charge in [0.25, 0.3) is 0 Å². The van der Waals surface area contributed by atoms with Crippen molar-refractivity contribution in [3.8, 4) is 28.0 Å². The van der Waals surface area contributed by atoms with Crippen LogP contribution in [0.1, 0.15) is 43.3 Å². The first-order valence-electron chi connectivity index (χ1n) is 9.63. The molecule has 132 valence electrons. The highest BCUT2D eigenvalue weighted by molar-refractivity contribution is 5.93. The number of nitrogens with zero attached hydrogens (tertiary/aromatic N) is 1. The summed E-state index contributed by atoms with van der Waals surface area (Å²) in [5.41, 5.74) is 10.3. The SMILES string of the molecule is CCOc1ccccc1-c1c(CC)c(CC)nc2c1-c1ccccc1C2. The molecule has 26 heavy (non-hydrogen) atoms. The summed E-state index contributed by atoms with van der Waals surface area (Å²) in [6.07, 6.45) is 2.85. The fraction of sp³-hybridized carbons (Fsp3) is 0.292. The maximum atomic E-state index is 5.99. The topological polar surface area (TPSA) is 22.1 Å². The predicted octanol–water partition coefficient (Wildman–Crippen LogP) is 5.84. The first kappa shape index (κ1) is 16.8. The van der Waals surface area contributed by atoms with Crippen LogP contribution in [0, 0.1) is 0 Å². The highest BCUT2D eigenvalue weighted by atomic mass is 16.5. The molecule has 1 aliphatic rings. The molecule has 0 unspecified atom stereocenters. The van der Waals surface area contributed by atoms with Crippen LogP contribution in [0.4, 0.5) is 0 Å². The average molecular weight is 343 g/mol. The number of rotatable bonds is 5. The van der Waals surface area contributed by atoms with Crippen molar-refractivity contribution in [3.05, 3.63) is 71.0 Å². The van der Waals surface area contributed by atoms with Crippen LogP contribution in [0.15, 0.2) is 48.5 Å². The van der Waals surface area contributed by atoms with E-state index in [9.17, 15) is 0 Å². The zero-order chi connectivity index (χ0) is 18.1. The maximum absolute atomic E-state index is 5.99. The molecule has 0 aliphatic heterocycles. The Morgan fingerprint density at radius 3 is 2.31 bits per heavy atom. The zero-order valence-corrected chi connectivity index (χ0v) is 15.8. The quantitative estimate of drug-likeness (QED) is 0.454. The van der Waals surface area contributed by atoms with E-state index in [0.29, 0.717) is 6.61 Å². The van der Waals surface area contributed by atoms with E-state index in [2.05, 4.69) is 62.4 Å². The van der Waals surface area contributed by atoms with Crippen molar-refractivity contribution in [2.45, 2.75) is 40.0 Å². The molecule has 0 radical (unpaired) electrons. The molecule has 0 atom stereocenters. The summed E-state index contributed by atoms with van der Waals surface area (Å²) in [6.45, 7) is 7.15. The van der Waals surface area contributed by atoms with Gasteiger partial charge >= 0.3 is 0 Å². The van der Waals surface area contributed by atoms with E-state index in [4.69, 9.17) is 9.72 Å². The minimum atomic E-state index is 0.670. The highest BCUT2D eigenvalue weighted by Gasteiger charge is 2.28. The van der Waals surface area contributed by atoms with Crippen LogP contribution in [-0.2, 0) is 19.3 Å². The molecule has 0 spiro atoms. The van der Waals surface area contributed by atoms with Crippen molar-refractivity contribution in [1.82, 2.24) is 4.98 Å². The lowest BCUT2D eigenvalue weighted by molar-refractivity contribution is 0.341. The summed E-state index contributed by atoms with van der Waals surface area (Å²) >= 11 is 0. The number of ether oxygens (including phenoxy) is 1. The molecule has 4 rings (SSSR count). The smallest absolute Gasteiger partial charge is 0.127 e.